The molecule has 2 aromatic rings. The van der Waals surface area contributed by atoms with Crippen molar-refractivity contribution in [1.29, 1.82) is 0 Å². The van der Waals surface area contributed by atoms with E-state index in [4.69, 9.17) is 9.47 Å². The maximum Gasteiger partial charge on any atom is 0.231 e. The third-order valence-corrected chi connectivity index (χ3v) is 4.33. The number of nitrogens with one attached hydrogen (secondary N) is 1. The van der Waals surface area contributed by atoms with Crippen LogP contribution in [0, 0.1) is 12.8 Å². The van der Waals surface area contributed by atoms with Crippen LogP contribution in [0.4, 0.5) is 0 Å². The van der Waals surface area contributed by atoms with Crippen molar-refractivity contribution in [2.45, 2.75) is 26.9 Å². The van der Waals surface area contributed by atoms with Crippen molar-refractivity contribution >= 4 is 15.9 Å². The van der Waals surface area contributed by atoms with Gasteiger partial charge in [-0.25, -0.2) is 4.98 Å². The fraction of sp³-hybridized carbons (Fsp3) is 0.438. The Hall–Kier alpha value is -1.53. The van der Waals surface area contributed by atoms with Gasteiger partial charge in [0.05, 0.1) is 4.47 Å². The summed E-state index contributed by atoms with van der Waals surface area (Å²) in [5.41, 5.74) is 1.18. The second-order valence-electron chi connectivity index (χ2n) is 5.67. The molecule has 1 aliphatic heterocycles. The predicted octanol–water partition coefficient (Wildman–Crippen LogP) is 3.11. The van der Waals surface area contributed by atoms with Crippen molar-refractivity contribution in [1.82, 2.24) is 14.9 Å². The van der Waals surface area contributed by atoms with E-state index in [1.165, 1.54) is 5.56 Å². The number of fused-ring (bicyclic) bond motifs is 1. The SMILES string of the molecule is Cc1nccn1CC(C)CNCc1cc(Br)c2c(c1)OCO2. The molecule has 1 aromatic carbocycles. The smallest absolute Gasteiger partial charge is 0.231 e. The Bertz CT molecular complexity index is 657. The molecule has 0 amide bonds. The minimum absolute atomic E-state index is 0.298. The molecule has 1 aliphatic rings. The summed E-state index contributed by atoms with van der Waals surface area (Å²) in [5, 5.41) is 3.50. The van der Waals surface area contributed by atoms with Crippen molar-refractivity contribution in [3.8, 4) is 11.5 Å². The first-order valence-corrected chi connectivity index (χ1v) is 8.19. The van der Waals surface area contributed by atoms with E-state index in [1.807, 2.05) is 25.4 Å². The molecule has 6 heteroatoms. The van der Waals surface area contributed by atoms with Gasteiger partial charge in [0.2, 0.25) is 6.79 Å². The van der Waals surface area contributed by atoms with Gasteiger partial charge < -0.3 is 19.4 Å². The van der Waals surface area contributed by atoms with Crippen LogP contribution < -0.4 is 14.8 Å². The van der Waals surface area contributed by atoms with Gasteiger partial charge in [-0.3, -0.25) is 0 Å². The van der Waals surface area contributed by atoms with Crippen LogP contribution in [0.5, 0.6) is 11.5 Å². The Morgan fingerprint density at radius 3 is 3.05 bits per heavy atom. The average molecular weight is 366 g/mol. The fourth-order valence-electron chi connectivity index (χ4n) is 2.58. The van der Waals surface area contributed by atoms with Gasteiger partial charge in [-0.2, -0.15) is 0 Å². The van der Waals surface area contributed by atoms with E-state index >= 15 is 0 Å². The van der Waals surface area contributed by atoms with E-state index in [-0.39, 0.29) is 0 Å². The van der Waals surface area contributed by atoms with Gasteiger partial charge in [0.1, 0.15) is 5.82 Å². The minimum atomic E-state index is 0.298. The molecule has 1 atom stereocenters. The van der Waals surface area contributed by atoms with Crippen LogP contribution in [0.2, 0.25) is 0 Å². The summed E-state index contributed by atoms with van der Waals surface area (Å²) in [4.78, 5) is 4.25. The molecular weight excluding hydrogens is 346 g/mol. The lowest BCUT2D eigenvalue weighted by molar-refractivity contribution is 0.173. The predicted molar refractivity (Wildman–Crippen MR) is 88.1 cm³/mol. The number of rotatable bonds is 6. The van der Waals surface area contributed by atoms with E-state index in [0.29, 0.717) is 12.7 Å². The number of hydrogen-bond acceptors (Lipinski definition) is 4. The molecule has 0 aliphatic carbocycles. The minimum Gasteiger partial charge on any atom is -0.454 e. The van der Waals surface area contributed by atoms with Gasteiger partial charge in [0.15, 0.2) is 11.5 Å². The Labute approximate surface area is 138 Å². The van der Waals surface area contributed by atoms with Crippen LogP contribution >= 0.6 is 15.9 Å². The highest BCUT2D eigenvalue weighted by atomic mass is 79.9. The number of halogens is 1. The van der Waals surface area contributed by atoms with Crippen LogP contribution in [-0.2, 0) is 13.1 Å². The van der Waals surface area contributed by atoms with Gasteiger partial charge >= 0.3 is 0 Å². The number of ether oxygens (including phenoxy) is 2. The van der Waals surface area contributed by atoms with E-state index in [9.17, 15) is 0 Å². The normalized spacial score (nSPS) is 14.3. The Balaban J connectivity index is 1.51. The maximum absolute atomic E-state index is 5.44. The molecule has 5 nitrogen and oxygen atoms in total. The molecule has 2 heterocycles. The molecule has 22 heavy (non-hydrogen) atoms. The lowest BCUT2D eigenvalue weighted by Crippen LogP contribution is -2.24. The quantitative estimate of drug-likeness (QED) is 0.854. The summed E-state index contributed by atoms with van der Waals surface area (Å²) in [7, 11) is 0. The van der Waals surface area contributed by atoms with Crippen molar-refractivity contribution in [2.75, 3.05) is 13.3 Å². The first-order valence-electron chi connectivity index (χ1n) is 7.40. The molecular formula is C16H20BrN3O2. The number of hydrogen-bond donors (Lipinski definition) is 1. The van der Waals surface area contributed by atoms with Crippen molar-refractivity contribution in [2.24, 2.45) is 5.92 Å². The molecule has 0 saturated carbocycles. The van der Waals surface area contributed by atoms with E-state index in [0.717, 1.165) is 41.4 Å². The molecule has 0 radical (unpaired) electrons. The molecule has 3 rings (SSSR count). The van der Waals surface area contributed by atoms with E-state index in [2.05, 4.69) is 43.8 Å². The van der Waals surface area contributed by atoms with Gasteiger partial charge in [-0.15, -0.1) is 0 Å². The van der Waals surface area contributed by atoms with Crippen LogP contribution in [0.15, 0.2) is 29.0 Å². The summed E-state index contributed by atoms with van der Waals surface area (Å²) in [5.74, 6) is 3.21. The molecule has 0 fully saturated rings. The van der Waals surface area contributed by atoms with Crippen LogP contribution in [0.25, 0.3) is 0 Å². The third kappa shape index (κ3) is 3.44. The standard InChI is InChI=1S/C16H20BrN3O2/c1-11(9-20-4-3-19-12(20)2)7-18-8-13-5-14(17)16-15(6-13)21-10-22-16/h3-6,11,18H,7-10H2,1-2H3. The highest BCUT2D eigenvalue weighted by Gasteiger charge is 2.17. The largest absolute Gasteiger partial charge is 0.454 e. The first-order chi connectivity index (χ1) is 10.6. The molecule has 1 unspecified atom stereocenters. The summed E-state index contributed by atoms with van der Waals surface area (Å²) in [6.45, 7) is 7.30. The average Bonchev–Trinajstić information content (AvgIpc) is 3.09. The number of nitrogens with zero attached hydrogens (tertiary/aromatic N) is 2. The molecule has 118 valence electrons. The zero-order valence-corrected chi connectivity index (χ0v) is 14.4. The van der Waals surface area contributed by atoms with Crippen LogP contribution in [-0.4, -0.2) is 22.9 Å². The highest BCUT2D eigenvalue weighted by molar-refractivity contribution is 9.10. The topological polar surface area (TPSA) is 48.3 Å². The first kappa shape index (κ1) is 15.4. The Morgan fingerprint density at radius 2 is 2.27 bits per heavy atom. The number of aromatic nitrogens is 2. The van der Waals surface area contributed by atoms with Crippen LogP contribution in [0.1, 0.15) is 18.3 Å². The second-order valence-corrected chi connectivity index (χ2v) is 6.53. The monoisotopic (exact) mass is 365 g/mol. The molecule has 0 bridgehead atoms. The molecule has 0 spiro atoms. The van der Waals surface area contributed by atoms with Gasteiger partial charge in [-0.1, -0.05) is 6.92 Å². The summed E-state index contributed by atoms with van der Waals surface area (Å²) < 4.78 is 14.0. The highest BCUT2D eigenvalue weighted by Crippen LogP contribution is 2.39. The zero-order valence-electron chi connectivity index (χ0n) is 12.8. The lowest BCUT2D eigenvalue weighted by atomic mass is 10.1. The van der Waals surface area contributed by atoms with E-state index < -0.39 is 0 Å². The molecule has 1 aromatic heterocycles. The Morgan fingerprint density at radius 1 is 1.41 bits per heavy atom. The van der Waals surface area contributed by atoms with Gasteiger partial charge in [0, 0.05) is 25.5 Å². The van der Waals surface area contributed by atoms with Crippen molar-refractivity contribution < 1.29 is 9.47 Å². The summed E-state index contributed by atoms with van der Waals surface area (Å²) in [6, 6.07) is 4.11. The molecule has 1 N–H and O–H groups in total. The maximum atomic E-state index is 5.44. The van der Waals surface area contributed by atoms with Crippen LogP contribution in [0.3, 0.4) is 0 Å². The number of aryl methyl sites for hydroxylation is 1. The van der Waals surface area contributed by atoms with Crippen molar-refractivity contribution in [3.05, 3.63) is 40.4 Å². The number of imidazole rings is 1. The second kappa shape index (κ2) is 6.71. The Kier molecular flexibility index (Phi) is 4.69. The number of benzene rings is 1. The van der Waals surface area contributed by atoms with E-state index in [1.54, 1.807) is 0 Å². The van der Waals surface area contributed by atoms with Gasteiger partial charge in [-0.05, 0) is 53.0 Å². The third-order valence-electron chi connectivity index (χ3n) is 3.74. The summed E-state index contributed by atoms with van der Waals surface area (Å²) in [6.07, 6.45) is 3.88. The summed E-state index contributed by atoms with van der Waals surface area (Å²) >= 11 is 3.52. The lowest BCUT2D eigenvalue weighted by Gasteiger charge is -2.14. The van der Waals surface area contributed by atoms with Crippen molar-refractivity contribution in [3.63, 3.8) is 0 Å². The fourth-order valence-corrected chi connectivity index (χ4v) is 3.19. The molecule has 0 saturated heterocycles. The zero-order chi connectivity index (χ0) is 15.5. The van der Waals surface area contributed by atoms with Gasteiger partial charge in [0.25, 0.3) is 0 Å².